The Morgan fingerprint density at radius 2 is 1.82 bits per heavy atom. The molecule has 33 heavy (non-hydrogen) atoms. The second-order valence-electron chi connectivity index (χ2n) is 8.60. The third-order valence-corrected chi connectivity index (χ3v) is 6.00. The minimum atomic E-state index is -0.623. The van der Waals surface area contributed by atoms with Crippen LogP contribution in [0.2, 0.25) is 0 Å². The molecule has 0 saturated heterocycles. The molecule has 7 nitrogen and oxygen atoms in total. The zero-order valence-corrected chi connectivity index (χ0v) is 19.3. The number of aliphatic hydroxyl groups excluding tert-OH is 1. The molecule has 3 N–H and O–H groups in total. The van der Waals surface area contributed by atoms with E-state index in [1.807, 2.05) is 30.3 Å². The third-order valence-electron chi connectivity index (χ3n) is 6.00. The van der Waals surface area contributed by atoms with Crippen LogP contribution in [0, 0.1) is 5.92 Å². The summed E-state index contributed by atoms with van der Waals surface area (Å²) in [5.74, 6) is -1.56. The Bertz CT molecular complexity index is 802. The maximum Gasteiger partial charge on any atom is 0.306 e. The number of nitrogens with one attached hydrogen (secondary N) is 2. The standard InChI is InChI=1S/C26H36N2O5/c1-3-5-14-24(31)33-18-22(20-12-7-6-8-13-20)27-25(32)21(11-4-2)17-23(30)28-26(19-29)15-9-10-16-26/h3-4,6-8,12-13,21-22,29H,1-2,5,9-11,14-19H2,(H,27,32)(H,28,30)/t21-,22-/m1/s1. The Morgan fingerprint density at radius 1 is 1.12 bits per heavy atom. The molecule has 0 spiro atoms. The van der Waals surface area contributed by atoms with E-state index in [1.165, 1.54) is 0 Å². The van der Waals surface area contributed by atoms with E-state index in [9.17, 15) is 19.5 Å². The maximum absolute atomic E-state index is 13.1. The smallest absolute Gasteiger partial charge is 0.306 e. The van der Waals surface area contributed by atoms with E-state index >= 15 is 0 Å². The first-order valence-electron chi connectivity index (χ1n) is 11.6. The highest BCUT2D eigenvalue weighted by Crippen LogP contribution is 2.29. The summed E-state index contributed by atoms with van der Waals surface area (Å²) in [4.78, 5) is 37.8. The number of carbonyl (C=O) groups excluding carboxylic acids is 3. The quantitative estimate of drug-likeness (QED) is 0.294. The van der Waals surface area contributed by atoms with Crippen molar-refractivity contribution in [2.75, 3.05) is 13.2 Å². The molecule has 7 heteroatoms. The van der Waals surface area contributed by atoms with Gasteiger partial charge < -0.3 is 20.5 Å². The summed E-state index contributed by atoms with van der Waals surface area (Å²) >= 11 is 0. The van der Waals surface area contributed by atoms with Crippen molar-refractivity contribution in [3.8, 4) is 0 Å². The van der Waals surface area contributed by atoms with Crippen LogP contribution in [-0.2, 0) is 19.1 Å². The zero-order valence-electron chi connectivity index (χ0n) is 19.3. The van der Waals surface area contributed by atoms with Gasteiger partial charge in [0.25, 0.3) is 0 Å². The van der Waals surface area contributed by atoms with Crippen LogP contribution in [0.4, 0.5) is 0 Å². The van der Waals surface area contributed by atoms with Crippen LogP contribution in [0.1, 0.15) is 63.0 Å². The highest BCUT2D eigenvalue weighted by Gasteiger charge is 2.35. The summed E-state index contributed by atoms with van der Waals surface area (Å²) in [7, 11) is 0. The van der Waals surface area contributed by atoms with Crippen LogP contribution in [0.15, 0.2) is 55.6 Å². The highest BCUT2D eigenvalue weighted by molar-refractivity contribution is 5.86. The summed E-state index contributed by atoms with van der Waals surface area (Å²) in [6.07, 6.45) is 7.71. The van der Waals surface area contributed by atoms with Crippen molar-refractivity contribution in [1.82, 2.24) is 10.6 Å². The van der Waals surface area contributed by atoms with Gasteiger partial charge in [-0.2, -0.15) is 0 Å². The van der Waals surface area contributed by atoms with E-state index in [0.29, 0.717) is 12.8 Å². The fourth-order valence-corrected chi connectivity index (χ4v) is 4.09. The minimum Gasteiger partial charge on any atom is -0.463 e. The number of hydrogen-bond donors (Lipinski definition) is 3. The number of benzene rings is 1. The number of aliphatic hydroxyl groups is 1. The van der Waals surface area contributed by atoms with Crippen LogP contribution in [0.25, 0.3) is 0 Å². The molecule has 180 valence electrons. The lowest BCUT2D eigenvalue weighted by Gasteiger charge is -2.29. The molecule has 0 heterocycles. The Hall–Kier alpha value is -2.93. The van der Waals surface area contributed by atoms with Crippen LogP contribution in [0.3, 0.4) is 0 Å². The van der Waals surface area contributed by atoms with Gasteiger partial charge in [0.05, 0.1) is 24.1 Å². The van der Waals surface area contributed by atoms with Crippen molar-refractivity contribution in [3.63, 3.8) is 0 Å². The summed E-state index contributed by atoms with van der Waals surface area (Å²) in [6, 6.07) is 8.71. The fourth-order valence-electron chi connectivity index (χ4n) is 4.09. The lowest BCUT2D eigenvalue weighted by Crippen LogP contribution is -2.50. The van der Waals surface area contributed by atoms with E-state index in [0.717, 1.165) is 31.2 Å². The molecule has 0 aliphatic heterocycles. The molecule has 2 amide bonds. The molecule has 1 aromatic carbocycles. The summed E-state index contributed by atoms with van der Waals surface area (Å²) < 4.78 is 5.37. The van der Waals surface area contributed by atoms with Crippen LogP contribution in [0.5, 0.6) is 0 Å². The predicted molar refractivity (Wildman–Crippen MR) is 127 cm³/mol. The van der Waals surface area contributed by atoms with Crippen molar-refractivity contribution >= 4 is 17.8 Å². The van der Waals surface area contributed by atoms with Crippen LogP contribution in [-0.4, -0.2) is 41.6 Å². The molecular weight excluding hydrogens is 420 g/mol. The van der Waals surface area contributed by atoms with Crippen molar-refractivity contribution in [1.29, 1.82) is 0 Å². The predicted octanol–water partition coefficient (Wildman–Crippen LogP) is 3.36. The first-order chi connectivity index (χ1) is 15.9. The SMILES string of the molecule is C=CCCC(=O)OC[C@@H](NC(=O)[C@H](CC=C)CC(=O)NC1(CO)CCCC1)c1ccccc1. The van der Waals surface area contributed by atoms with E-state index in [2.05, 4.69) is 23.8 Å². The molecule has 1 fully saturated rings. The summed E-state index contributed by atoms with van der Waals surface area (Å²) in [5, 5.41) is 15.6. The van der Waals surface area contributed by atoms with Crippen molar-refractivity contribution < 1.29 is 24.2 Å². The molecule has 1 aliphatic carbocycles. The van der Waals surface area contributed by atoms with Crippen molar-refractivity contribution in [2.24, 2.45) is 5.92 Å². The maximum atomic E-state index is 13.1. The number of ether oxygens (including phenoxy) is 1. The second-order valence-corrected chi connectivity index (χ2v) is 8.60. The van der Waals surface area contributed by atoms with Gasteiger partial charge in [-0.15, -0.1) is 13.2 Å². The number of amides is 2. The van der Waals surface area contributed by atoms with Gasteiger partial charge in [0.15, 0.2) is 0 Å². The first kappa shape index (κ1) is 26.3. The number of hydrogen-bond acceptors (Lipinski definition) is 5. The van der Waals surface area contributed by atoms with E-state index in [1.54, 1.807) is 12.2 Å². The Morgan fingerprint density at radius 3 is 2.42 bits per heavy atom. The molecule has 0 aromatic heterocycles. The molecule has 2 rings (SSSR count). The van der Waals surface area contributed by atoms with Gasteiger partial charge in [-0.25, -0.2) is 0 Å². The highest BCUT2D eigenvalue weighted by atomic mass is 16.5. The van der Waals surface area contributed by atoms with Gasteiger partial charge in [0.2, 0.25) is 11.8 Å². The van der Waals surface area contributed by atoms with Crippen LogP contribution < -0.4 is 10.6 Å². The van der Waals surface area contributed by atoms with Gasteiger partial charge in [0, 0.05) is 12.8 Å². The minimum absolute atomic E-state index is 0.00758. The number of allylic oxidation sites excluding steroid dienone is 2. The van der Waals surface area contributed by atoms with E-state index in [4.69, 9.17) is 4.74 Å². The summed E-state index contributed by atoms with van der Waals surface area (Å²) in [6.45, 7) is 7.20. The van der Waals surface area contributed by atoms with Gasteiger partial charge in [-0.1, -0.05) is 55.3 Å². The molecule has 1 aliphatic rings. The third kappa shape index (κ3) is 8.50. The average molecular weight is 457 g/mol. The molecule has 0 radical (unpaired) electrons. The van der Waals surface area contributed by atoms with E-state index in [-0.39, 0.29) is 43.8 Å². The topological polar surface area (TPSA) is 105 Å². The van der Waals surface area contributed by atoms with Gasteiger partial charge in [-0.05, 0) is 31.2 Å². The molecular formula is C26H36N2O5. The lowest BCUT2D eigenvalue weighted by molar-refractivity contribution is -0.145. The Balaban J connectivity index is 2.04. The van der Waals surface area contributed by atoms with Gasteiger partial charge >= 0.3 is 5.97 Å². The monoisotopic (exact) mass is 456 g/mol. The van der Waals surface area contributed by atoms with Crippen molar-refractivity contribution in [2.45, 2.75) is 62.9 Å². The molecule has 2 atom stereocenters. The normalized spacial score (nSPS) is 16.3. The van der Waals surface area contributed by atoms with Crippen LogP contribution >= 0.6 is 0 Å². The second kappa shape index (κ2) is 13.6. The molecule has 0 unspecified atom stereocenters. The number of esters is 1. The molecule has 1 aromatic rings. The van der Waals surface area contributed by atoms with Gasteiger partial charge in [-0.3, -0.25) is 14.4 Å². The number of carbonyl (C=O) groups is 3. The number of rotatable bonds is 14. The largest absolute Gasteiger partial charge is 0.463 e. The average Bonchev–Trinajstić information content (AvgIpc) is 3.29. The van der Waals surface area contributed by atoms with Gasteiger partial charge in [0.1, 0.15) is 6.61 Å². The Kier molecular flexibility index (Phi) is 10.8. The van der Waals surface area contributed by atoms with E-state index < -0.39 is 17.5 Å². The van der Waals surface area contributed by atoms with Crippen molar-refractivity contribution in [3.05, 3.63) is 61.2 Å². The Labute approximate surface area is 196 Å². The molecule has 1 saturated carbocycles. The summed E-state index contributed by atoms with van der Waals surface area (Å²) in [5.41, 5.74) is 0.216. The first-order valence-corrected chi connectivity index (χ1v) is 11.6. The molecule has 0 bridgehead atoms. The fraction of sp³-hybridized carbons (Fsp3) is 0.500. The zero-order chi connectivity index (χ0) is 24.1. The lowest BCUT2D eigenvalue weighted by atomic mass is 9.95.